The van der Waals surface area contributed by atoms with Crippen molar-refractivity contribution in [3.05, 3.63) is 59.2 Å². The lowest BCUT2D eigenvalue weighted by Gasteiger charge is -2.28. The van der Waals surface area contributed by atoms with E-state index in [9.17, 15) is 0 Å². The summed E-state index contributed by atoms with van der Waals surface area (Å²) in [6.45, 7) is 1.06. The van der Waals surface area contributed by atoms with Crippen LogP contribution in [-0.4, -0.2) is 23.0 Å². The van der Waals surface area contributed by atoms with Gasteiger partial charge in [-0.1, -0.05) is 30.3 Å². The third-order valence-electron chi connectivity index (χ3n) is 2.82. The van der Waals surface area contributed by atoms with Crippen molar-refractivity contribution in [1.29, 1.82) is 0 Å². The highest BCUT2D eigenvalue weighted by atomic mass is 32.2. The Bertz CT molecular complexity index is 506. The second-order valence-corrected chi connectivity index (χ2v) is 5.95. The lowest BCUT2D eigenvalue weighted by Crippen LogP contribution is -2.32. The number of allylic oxidation sites excluding steroid dienone is 2. The summed E-state index contributed by atoms with van der Waals surface area (Å²) in [5, 5.41) is 0. The van der Waals surface area contributed by atoms with Gasteiger partial charge in [-0.3, -0.25) is 0 Å². The van der Waals surface area contributed by atoms with Crippen LogP contribution in [0.4, 0.5) is 0 Å². The molecular formula is C14H14N2S2. The Labute approximate surface area is 116 Å². The predicted octanol–water partition coefficient (Wildman–Crippen LogP) is 3.69. The molecule has 0 radical (unpaired) electrons. The molecule has 0 atom stereocenters. The minimum absolute atomic E-state index is 0.998. The number of amidine groups is 1. The molecule has 0 aliphatic carbocycles. The van der Waals surface area contributed by atoms with E-state index in [1.165, 1.54) is 10.5 Å². The fraction of sp³-hybridized carbons (Fsp3) is 0.214. The summed E-state index contributed by atoms with van der Waals surface area (Å²) in [7, 11) is 0. The van der Waals surface area contributed by atoms with E-state index in [0.717, 1.165) is 23.9 Å². The van der Waals surface area contributed by atoms with E-state index in [-0.39, 0.29) is 0 Å². The Morgan fingerprint density at radius 1 is 1.28 bits per heavy atom. The Balaban J connectivity index is 1.71. The summed E-state index contributed by atoms with van der Waals surface area (Å²) < 4.78 is 4.56. The lowest BCUT2D eigenvalue weighted by molar-refractivity contribution is 0.590. The monoisotopic (exact) mass is 274 g/mol. The van der Waals surface area contributed by atoms with Gasteiger partial charge in [0.2, 0.25) is 0 Å². The molecule has 1 aromatic rings. The van der Waals surface area contributed by atoms with Crippen molar-refractivity contribution in [2.75, 3.05) is 12.3 Å². The van der Waals surface area contributed by atoms with Gasteiger partial charge in [0.15, 0.2) is 5.84 Å². The van der Waals surface area contributed by atoms with E-state index >= 15 is 0 Å². The number of benzene rings is 1. The van der Waals surface area contributed by atoms with Crippen LogP contribution < -0.4 is 0 Å². The maximum absolute atomic E-state index is 4.56. The van der Waals surface area contributed by atoms with Gasteiger partial charge in [0.1, 0.15) is 0 Å². The van der Waals surface area contributed by atoms with Crippen molar-refractivity contribution in [3.8, 4) is 0 Å². The number of thioether (sulfide) groups is 1. The van der Waals surface area contributed by atoms with Crippen LogP contribution in [0.3, 0.4) is 0 Å². The average Bonchev–Trinajstić information content (AvgIpc) is 2.46. The van der Waals surface area contributed by atoms with Gasteiger partial charge in [-0.25, -0.2) is 0 Å². The van der Waals surface area contributed by atoms with Gasteiger partial charge in [0.25, 0.3) is 0 Å². The lowest BCUT2D eigenvalue weighted by atomic mass is 10.2. The molecule has 2 heterocycles. The van der Waals surface area contributed by atoms with Crippen molar-refractivity contribution in [1.82, 2.24) is 4.90 Å². The Kier molecular flexibility index (Phi) is 3.76. The summed E-state index contributed by atoms with van der Waals surface area (Å²) in [6, 6.07) is 10.6. The van der Waals surface area contributed by atoms with Crippen LogP contribution in [0, 0.1) is 0 Å². The average molecular weight is 274 g/mol. The second kappa shape index (κ2) is 5.67. The third-order valence-corrected chi connectivity index (χ3v) is 4.59. The number of nitrogens with zero attached hydrogens (tertiary/aromatic N) is 2. The first-order chi connectivity index (χ1) is 8.93. The smallest absolute Gasteiger partial charge is 0.154 e. The summed E-state index contributed by atoms with van der Waals surface area (Å²) in [5.74, 6) is 3.19. The minimum atomic E-state index is 0.998. The Hall–Kier alpha value is -1.13. The maximum Gasteiger partial charge on any atom is 0.154 e. The number of hydrogen-bond acceptors (Lipinski definition) is 4. The predicted molar refractivity (Wildman–Crippen MR) is 81.6 cm³/mol. The minimum Gasteiger partial charge on any atom is -0.331 e. The molecule has 2 nitrogen and oxygen atoms in total. The zero-order chi connectivity index (χ0) is 12.2. The van der Waals surface area contributed by atoms with Crippen LogP contribution >= 0.6 is 23.7 Å². The van der Waals surface area contributed by atoms with E-state index in [2.05, 4.69) is 58.0 Å². The summed E-state index contributed by atoms with van der Waals surface area (Å²) in [5.41, 5.74) is 1.36. The molecule has 0 fully saturated rings. The zero-order valence-electron chi connectivity index (χ0n) is 9.95. The van der Waals surface area contributed by atoms with Crippen molar-refractivity contribution >= 4 is 29.5 Å². The van der Waals surface area contributed by atoms with Crippen LogP contribution in [0.25, 0.3) is 0 Å². The van der Waals surface area contributed by atoms with Gasteiger partial charge >= 0.3 is 0 Å². The molecule has 2 aliphatic heterocycles. The van der Waals surface area contributed by atoms with Crippen LogP contribution in [0.2, 0.25) is 0 Å². The van der Waals surface area contributed by atoms with E-state index in [4.69, 9.17) is 0 Å². The normalized spacial score (nSPS) is 18.1. The molecule has 0 amide bonds. The molecule has 0 saturated heterocycles. The van der Waals surface area contributed by atoms with Crippen molar-refractivity contribution in [2.45, 2.75) is 5.75 Å². The van der Waals surface area contributed by atoms with Crippen molar-refractivity contribution < 1.29 is 0 Å². The van der Waals surface area contributed by atoms with Crippen LogP contribution in [0.5, 0.6) is 0 Å². The highest BCUT2D eigenvalue weighted by Crippen LogP contribution is 2.29. The number of fused-ring (bicyclic) bond motifs is 1. The van der Waals surface area contributed by atoms with E-state index in [1.54, 1.807) is 11.9 Å². The number of hydrogen-bond donors (Lipinski definition) is 0. The van der Waals surface area contributed by atoms with Gasteiger partial charge in [-0.05, 0) is 29.7 Å². The highest BCUT2D eigenvalue weighted by Gasteiger charge is 2.20. The molecule has 2 aliphatic rings. The summed E-state index contributed by atoms with van der Waals surface area (Å²) >= 11 is 3.52. The van der Waals surface area contributed by atoms with Crippen LogP contribution in [0.15, 0.2) is 58.0 Å². The number of rotatable bonds is 3. The van der Waals surface area contributed by atoms with Crippen LogP contribution in [-0.2, 0) is 5.75 Å². The Morgan fingerprint density at radius 2 is 2.17 bits per heavy atom. The third kappa shape index (κ3) is 2.65. The first-order valence-corrected chi connectivity index (χ1v) is 7.88. The van der Waals surface area contributed by atoms with Gasteiger partial charge in [0, 0.05) is 24.3 Å². The standard InChI is InChI=1S/C14H14N2S2/c1-2-5-12(6-3-1)11-17-13-7-4-8-16-9-10-18-15-14(13)16/h1-8H,9-11H2. The van der Waals surface area contributed by atoms with E-state index in [1.807, 2.05) is 11.8 Å². The summed E-state index contributed by atoms with van der Waals surface area (Å²) in [6.07, 6.45) is 6.39. The first kappa shape index (κ1) is 11.9. The fourth-order valence-corrected chi connectivity index (χ4v) is 3.63. The topological polar surface area (TPSA) is 15.6 Å². The fourth-order valence-electron chi connectivity index (χ4n) is 1.89. The molecule has 0 saturated carbocycles. The van der Waals surface area contributed by atoms with Crippen molar-refractivity contribution in [3.63, 3.8) is 0 Å². The molecule has 92 valence electrons. The molecule has 0 bridgehead atoms. The Morgan fingerprint density at radius 3 is 3.06 bits per heavy atom. The van der Waals surface area contributed by atoms with Gasteiger partial charge < -0.3 is 4.90 Å². The molecule has 3 rings (SSSR count). The first-order valence-electron chi connectivity index (χ1n) is 5.96. The van der Waals surface area contributed by atoms with Crippen LogP contribution in [0.1, 0.15) is 5.56 Å². The molecule has 0 unspecified atom stereocenters. The molecule has 0 N–H and O–H groups in total. The quantitative estimate of drug-likeness (QED) is 0.782. The molecule has 4 heteroatoms. The SMILES string of the molecule is C1=CN2CCSN=C2C(SCc2ccccc2)=C1. The molecular weight excluding hydrogens is 260 g/mol. The van der Waals surface area contributed by atoms with Gasteiger partial charge in [-0.15, -0.1) is 11.8 Å². The van der Waals surface area contributed by atoms with E-state index in [0.29, 0.717) is 0 Å². The van der Waals surface area contributed by atoms with Gasteiger partial charge in [-0.2, -0.15) is 4.40 Å². The molecule has 0 spiro atoms. The maximum atomic E-state index is 4.56. The molecule has 0 aromatic heterocycles. The largest absolute Gasteiger partial charge is 0.331 e. The van der Waals surface area contributed by atoms with E-state index < -0.39 is 0 Å². The molecule has 1 aromatic carbocycles. The highest BCUT2D eigenvalue weighted by molar-refractivity contribution is 8.03. The molecule has 18 heavy (non-hydrogen) atoms. The summed E-state index contributed by atoms with van der Waals surface area (Å²) in [4.78, 5) is 3.51. The van der Waals surface area contributed by atoms with Crippen molar-refractivity contribution in [2.24, 2.45) is 4.40 Å². The second-order valence-electron chi connectivity index (χ2n) is 4.09. The zero-order valence-corrected chi connectivity index (χ0v) is 11.6. The van der Waals surface area contributed by atoms with Gasteiger partial charge in [0.05, 0.1) is 4.91 Å².